The zero-order chi connectivity index (χ0) is 24.1. The second-order valence-corrected chi connectivity index (χ2v) is 8.56. The van der Waals surface area contributed by atoms with Crippen molar-refractivity contribution >= 4 is 5.97 Å². The second-order valence-electron chi connectivity index (χ2n) is 8.56. The van der Waals surface area contributed by atoms with Gasteiger partial charge in [0.05, 0.1) is 55.0 Å². The maximum absolute atomic E-state index is 11.2. The monoisotopic (exact) mass is 465 g/mol. The molecule has 0 fully saturated rings. The van der Waals surface area contributed by atoms with E-state index in [9.17, 15) is 9.90 Å². The molecule has 0 spiro atoms. The summed E-state index contributed by atoms with van der Waals surface area (Å²) in [7, 11) is 10.8. The first-order valence-electron chi connectivity index (χ1n) is 10.3. The summed E-state index contributed by atoms with van der Waals surface area (Å²) in [6, 6.07) is 8.58. The van der Waals surface area contributed by atoms with Crippen molar-refractivity contribution in [1.29, 1.82) is 0 Å². The number of aliphatic hydroxyl groups excluding tert-OH is 1. The summed E-state index contributed by atoms with van der Waals surface area (Å²) in [5.41, 5.74) is 1.75. The Hall–Kier alpha value is -3.01. The van der Waals surface area contributed by atoms with Crippen molar-refractivity contribution in [3.8, 4) is 23.0 Å². The Morgan fingerprint density at radius 2 is 1.64 bits per heavy atom. The number of nitrogens with zero attached hydrogens (tertiary/aromatic N) is 1. The zero-order valence-corrected chi connectivity index (χ0v) is 20.3. The first-order chi connectivity index (χ1) is 15.1. The molecule has 0 bridgehead atoms. The van der Waals surface area contributed by atoms with E-state index in [1.54, 1.807) is 20.3 Å². The van der Waals surface area contributed by atoms with Gasteiger partial charge >= 0.3 is 0 Å². The molecule has 1 aliphatic heterocycles. The molecule has 33 heavy (non-hydrogen) atoms. The van der Waals surface area contributed by atoms with Gasteiger partial charge in [-0.2, -0.15) is 0 Å². The lowest BCUT2D eigenvalue weighted by molar-refractivity contribution is -0.870. The minimum atomic E-state index is -1.25. The summed E-state index contributed by atoms with van der Waals surface area (Å²) in [5.74, 6) is 0.857. The quantitative estimate of drug-likeness (QED) is 0.608. The number of aromatic carboxylic acids is 1. The number of carboxylic acids is 1. The summed E-state index contributed by atoms with van der Waals surface area (Å²) in [6.45, 7) is 3.09. The van der Waals surface area contributed by atoms with Crippen LogP contribution in [0.1, 0.15) is 40.4 Å². The van der Waals surface area contributed by atoms with Crippen LogP contribution in [0.25, 0.3) is 0 Å². The summed E-state index contributed by atoms with van der Waals surface area (Å²) in [4.78, 5) is 11.2. The number of quaternary nitrogens is 1. The Bertz CT molecular complexity index is 939. The van der Waals surface area contributed by atoms with E-state index in [2.05, 4.69) is 21.1 Å². The largest absolute Gasteiger partial charge is 0.545 e. The number of hydrogen-bond acceptors (Lipinski definition) is 7. The molecule has 0 radical (unpaired) electrons. The van der Waals surface area contributed by atoms with Crippen LogP contribution in [0.2, 0.25) is 0 Å². The number of carbonyl (C=O) groups is 1. The van der Waals surface area contributed by atoms with Gasteiger partial charge < -0.3 is 43.9 Å². The van der Waals surface area contributed by atoms with E-state index in [-0.39, 0.29) is 29.7 Å². The van der Waals surface area contributed by atoms with Gasteiger partial charge in [0.15, 0.2) is 23.0 Å². The molecule has 9 nitrogen and oxygen atoms in total. The molecule has 1 heterocycles. The van der Waals surface area contributed by atoms with Gasteiger partial charge in [-0.15, -0.1) is 0 Å². The van der Waals surface area contributed by atoms with Crippen LogP contribution in [-0.2, 0) is 0 Å². The summed E-state index contributed by atoms with van der Waals surface area (Å²) >= 11 is 0. The topological polar surface area (TPSA) is 129 Å². The van der Waals surface area contributed by atoms with E-state index in [1.165, 1.54) is 13.2 Å². The van der Waals surface area contributed by atoms with Gasteiger partial charge in [0.2, 0.25) is 0 Å². The normalized spacial score (nSPS) is 16.4. The number of ether oxygens (including phenoxy) is 4. The molecule has 3 rings (SSSR count). The molecule has 0 aliphatic carbocycles. The first-order valence-corrected chi connectivity index (χ1v) is 10.3. The van der Waals surface area contributed by atoms with Gasteiger partial charge in [-0.05, 0) is 29.8 Å². The minimum Gasteiger partial charge on any atom is -0.545 e. The van der Waals surface area contributed by atoms with Crippen LogP contribution in [0.4, 0.5) is 0 Å². The predicted octanol–water partition coefficient (Wildman–Crippen LogP) is 1.17. The third-order valence-electron chi connectivity index (χ3n) is 5.24. The molecule has 2 aromatic rings. The van der Waals surface area contributed by atoms with Crippen LogP contribution in [-0.4, -0.2) is 76.7 Å². The predicted molar refractivity (Wildman–Crippen MR) is 122 cm³/mol. The number of hydrogen-bond donors (Lipinski definition) is 1. The number of benzene rings is 2. The first kappa shape index (κ1) is 28.0. The molecule has 2 atom stereocenters. The molecule has 0 aromatic heterocycles. The third-order valence-corrected chi connectivity index (χ3v) is 5.24. The van der Waals surface area contributed by atoms with Gasteiger partial charge in [0, 0.05) is 17.0 Å². The fraction of sp³-hybridized carbons (Fsp3) is 0.458. The zero-order valence-electron chi connectivity index (χ0n) is 20.3. The highest BCUT2D eigenvalue weighted by Gasteiger charge is 2.35. The number of aliphatic hydroxyl groups is 1. The molecule has 0 saturated carbocycles. The Morgan fingerprint density at radius 1 is 1.03 bits per heavy atom. The Kier molecular flexibility index (Phi) is 9.97. The van der Waals surface area contributed by atoms with E-state index in [0.717, 1.165) is 22.2 Å². The number of likely N-dealkylation sites (N-methyl/N-ethyl adjacent to an activating group) is 1. The lowest BCUT2D eigenvalue weighted by Gasteiger charge is -2.21. The van der Waals surface area contributed by atoms with Crippen LogP contribution in [0.15, 0.2) is 30.3 Å². The number of fused-ring (bicyclic) bond motifs is 1. The van der Waals surface area contributed by atoms with Crippen molar-refractivity contribution in [2.24, 2.45) is 0 Å². The van der Waals surface area contributed by atoms with Gasteiger partial charge in [-0.3, -0.25) is 0 Å². The molecular weight excluding hydrogens is 430 g/mol. The molecule has 1 aliphatic rings. The van der Waals surface area contributed by atoms with Crippen molar-refractivity contribution < 1.29 is 43.9 Å². The SMILES string of the molecule is COc1ccc([C@H]2Oc3c(OC)cc(C(=O)[O-])cc3[C@@H]2C)cc1OC.C[N+](C)(C)CCO.O. The van der Waals surface area contributed by atoms with Crippen LogP contribution < -0.4 is 24.1 Å². The fourth-order valence-electron chi connectivity index (χ4n) is 3.44. The fourth-order valence-corrected chi connectivity index (χ4v) is 3.44. The molecule has 3 N–H and O–H groups in total. The lowest BCUT2D eigenvalue weighted by atomic mass is 9.91. The number of methoxy groups -OCH3 is 3. The van der Waals surface area contributed by atoms with E-state index in [0.29, 0.717) is 23.0 Å². The number of rotatable bonds is 7. The second kappa shape index (κ2) is 11.7. The van der Waals surface area contributed by atoms with E-state index < -0.39 is 5.97 Å². The highest BCUT2D eigenvalue weighted by Crippen LogP contribution is 2.51. The van der Waals surface area contributed by atoms with E-state index >= 15 is 0 Å². The molecule has 0 saturated heterocycles. The van der Waals surface area contributed by atoms with Crippen molar-refractivity contribution in [3.05, 3.63) is 47.0 Å². The minimum absolute atomic E-state index is 0. The molecule has 184 valence electrons. The van der Waals surface area contributed by atoms with Crippen molar-refractivity contribution in [2.45, 2.75) is 18.9 Å². The van der Waals surface area contributed by atoms with Gasteiger partial charge in [0.1, 0.15) is 12.6 Å². The summed E-state index contributed by atoms with van der Waals surface area (Å²) in [5, 5.41) is 19.6. The maximum atomic E-state index is 11.2. The average molecular weight is 466 g/mol. The van der Waals surface area contributed by atoms with Crippen LogP contribution >= 0.6 is 0 Å². The highest BCUT2D eigenvalue weighted by atomic mass is 16.5. The Labute approximate surface area is 195 Å². The van der Waals surface area contributed by atoms with Crippen molar-refractivity contribution in [1.82, 2.24) is 0 Å². The smallest absolute Gasteiger partial charge is 0.165 e. The van der Waals surface area contributed by atoms with Crippen LogP contribution in [0.3, 0.4) is 0 Å². The Balaban J connectivity index is 0.000000595. The molecule has 9 heteroatoms. The van der Waals surface area contributed by atoms with Crippen molar-refractivity contribution in [3.63, 3.8) is 0 Å². The standard InChI is InChI=1S/C19H20O6.C5H14NO.H2O/c1-10-13-7-12(19(20)21)9-16(24-4)18(13)25-17(10)11-5-6-14(22-2)15(8-11)23-3;1-6(2,3)4-5-7;/h5-10,17H,1-4H3,(H,20,21);7H,4-5H2,1-3H3;1H2/q;+1;/p-1/t10-,17-;;/m0../s1. The Morgan fingerprint density at radius 3 is 2.09 bits per heavy atom. The molecule has 2 aromatic carbocycles. The lowest BCUT2D eigenvalue weighted by Crippen LogP contribution is -2.36. The van der Waals surface area contributed by atoms with Crippen LogP contribution in [0, 0.1) is 0 Å². The summed E-state index contributed by atoms with van der Waals surface area (Å²) < 4.78 is 22.9. The third kappa shape index (κ3) is 6.74. The highest BCUT2D eigenvalue weighted by molar-refractivity contribution is 5.87. The maximum Gasteiger partial charge on any atom is 0.165 e. The van der Waals surface area contributed by atoms with E-state index in [1.807, 2.05) is 25.1 Å². The van der Waals surface area contributed by atoms with Gasteiger partial charge in [-0.1, -0.05) is 13.0 Å². The average Bonchev–Trinajstić information content (AvgIpc) is 3.08. The molecular formula is C24H35NO8. The van der Waals surface area contributed by atoms with Gasteiger partial charge in [0.25, 0.3) is 0 Å². The van der Waals surface area contributed by atoms with Crippen LogP contribution in [0.5, 0.6) is 23.0 Å². The van der Waals surface area contributed by atoms with E-state index in [4.69, 9.17) is 24.1 Å². The summed E-state index contributed by atoms with van der Waals surface area (Å²) in [6.07, 6.45) is -0.291. The number of carboxylic acid groups (broad SMARTS) is 1. The number of carbonyl (C=O) groups excluding carboxylic acids is 1. The molecule has 0 amide bonds. The van der Waals surface area contributed by atoms with Crippen molar-refractivity contribution in [2.75, 3.05) is 55.6 Å². The molecule has 0 unspecified atom stereocenters. The van der Waals surface area contributed by atoms with Gasteiger partial charge in [-0.25, -0.2) is 0 Å².